The number of aryl methyl sites for hydroxylation is 1. The molecule has 1 aromatic heterocycles. The summed E-state index contributed by atoms with van der Waals surface area (Å²) in [5.74, 6) is 0.635. The molecule has 1 unspecified atom stereocenters. The van der Waals surface area contributed by atoms with Gasteiger partial charge in [0.05, 0.1) is 6.20 Å². The van der Waals surface area contributed by atoms with E-state index >= 15 is 0 Å². The average Bonchev–Trinajstić information content (AvgIpc) is 2.50. The van der Waals surface area contributed by atoms with Gasteiger partial charge >= 0.3 is 0 Å². The van der Waals surface area contributed by atoms with Gasteiger partial charge < -0.3 is 11.1 Å². The van der Waals surface area contributed by atoms with Crippen LogP contribution in [0.15, 0.2) is 6.20 Å². The van der Waals surface area contributed by atoms with Crippen LogP contribution in [0.25, 0.3) is 0 Å². The van der Waals surface area contributed by atoms with Gasteiger partial charge in [-0.1, -0.05) is 13.8 Å². The monoisotopic (exact) mass is 210 g/mol. The highest BCUT2D eigenvalue weighted by Crippen LogP contribution is 2.15. The van der Waals surface area contributed by atoms with E-state index in [1.807, 2.05) is 17.9 Å². The molecule has 1 rings (SSSR count). The summed E-state index contributed by atoms with van der Waals surface area (Å²) in [6.45, 7) is 8.05. The lowest BCUT2D eigenvalue weighted by molar-refractivity contribution is 0.477. The molecule has 0 aliphatic carbocycles. The maximum Gasteiger partial charge on any atom is 0.0540 e. The third-order valence-corrected chi connectivity index (χ3v) is 2.66. The Labute approximate surface area is 91.8 Å². The van der Waals surface area contributed by atoms with Crippen molar-refractivity contribution in [3.8, 4) is 0 Å². The lowest BCUT2D eigenvalue weighted by Crippen LogP contribution is -2.31. The zero-order valence-corrected chi connectivity index (χ0v) is 10.1. The third kappa shape index (κ3) is 3.04. The number of nitrogens with two attached hydrogens (primary N) is 1. The van der Waals surface area contributed by atoms with Crippen LogP contribution in [0.5, 0.6) is 0 Å². The predicted octanol–water partition coefficient (Wildman–Crippen LogP) is 0.974. The molecule has 3 N–H and O–H groups in total. The van der Waals surface area contributed by atoms with Gasteiger partial charge in [0, 0.05) is 30.9 Å². The summed E-state index contributed by atoms with van der Waals surface area (Å²) >= 11 is 0. The van der Waals surface area contributed by atoms with E-state index < -0.39 is 0 Å². The molecule has 0 spiro atoms. The van der Waals surface area contributed by atoms with Crippen LogP contribution in [-0.4, -0.2) is 22.9 Å². The molecule has 0 saturated carbocycles. The van der Waals surface area contributed by atoms with Crippen LogP contribution < -0.4 is 11.1 Å². The summed E-state index contributed by atoms with van der Waals surface area (Å²) in [4.78, 5) is 0. The summed E-state index contributed by atoms with van der Waals surface area (Å²) in [7, 11) is 1.95. The highest BCUT2D eigenvalue weighted by atomic mass is 15.3. The number of hydrogen-bond donors (Lipinski definition) is 2. The maximum atomic E-state index is 5.77. The van der Waals surface area contributed by atoms with Crippen molar-refractivity contribution in [3.63, 3.8) is 0 Å². The first-order valence-electron chi connectivity index (χ1n) is 5.48. The quantitative estimate of drug-likeness (QED) is 0.761. The van der Waals surface area contributed by atoms with Crippen LogP contribution in [-0.2, 0) is 7.05 Å². The fourth-order valence-corrected chi connectivity index (χ4v) is 1.56. The molecule has 0 bridgehead atoms. The average molecular weight is 210 g/mol. The van der Waals surface area contributed by atoms with Crippen molar-refractivity contribution in [3.05, 3.63) is 17.5 Å². The van der Waals surface area contributed by atoms with Crippen LogP contribution in [0.4, 0.5) is 0 Å². The summed E-state index contributed by atoms with van der Waals surface area (Å²) < 4.78 is 1.88. The second-order valence-electron chi connectivity index (χ2n) is 4.40. The number of aromatic nitrogens is 2. The van der Waals surface area contributed by atoms with Crippen LogP contribution in [0.2, 0.25) is 0 Å². The van der Waals surface area contributed by atoms with E-state index in [1.54, 1.807) is 0 Å². The van der Waals surface area contributed by atoms with Gasteiger partial charge in [0.15, 0.2) is 0 Å². The van der Waals surface area contributed by atoms with Crippen LogP contribution >= 0.6 is 0 Å². The number of hydrogen-bond acceptors (Lipinski definition) is 3. The van der Waals surface area contributed by atoms with Crippen molar-refractivity contribution in [2.45, 2.75) is 26.8 Å². The van der Waals surface area contributed by atoms with Gasteiger partial charge in [-0.05, 0) is 19.4 Å². The first-order chi connectivity index (χ1) is 7.06. The summed E-state index contributed by atoms with van der Waals surface area (Å²) in [6, 6.07) is 0.223. The largest absolute Gasteiger partial charge is 0.329 e. The van der Waals surface area contributed by atoms with E-state index in [2.05, 4.69) is 31.2 Å². The van der Waals surface area contributed by atoms with Crippen molar-refractivity contribution >= 4 is 0 Å². The Morgan fingerprint density at radius 2 is 2.20 bits per heavy atom. The van der Waals surface area contributed by atoms with Crippen molar-refractivity contribution in [2.24, 2.45) is 18.7 Å². The fraction of sp³-hybridized carbons (Fsp3) is 0.727. The minimum absolute atomic E-state index is 0.223. The molecule has 0 fully saturated rings. The molecule has 86 valence electrons. The predicted molar refractivity (Wildman–Crippen MR) is 62.6 cm³/mol. The molecular formula is C11H22N4. The second kappa shape index (κ2) is 5.28. The zero-order chi connectivity index (χ0) is 11.4. The molecule has 0 aliphatic heterocycles. The van der Waals surface area contributed by atoms with Gasteiger partial charge in [0.25, 0.3) is 0 Å². The Kier molecular flexibility index (Phi) is 4.29. The SMILES string of the molecule is Cc1c(C(CN)NCC(C)C)cnn1C. The van der Waals surface area contributed by atoms with Gasteiger partial charge in [0.1, 0.15) is 0 Å². The Bertz CT molecular complexity index is 304. The Morgan fingerprint density at radius 3 is 2.60 bits per heavy atom. The van der Waals surface area contributed by atoms with Crippen molar-refractivity contribution < 1.29 is 0 Å². The Morgan fingerprint density at radius 1 is 1.53 bits per heavy atom. The third-order valence-electron chi connectivity index (χ3n) is 2.66. The van der Waals surface area contributed by atoms with Crippen molar-refractivity contribution in [1.29, 1.82) is 0 Å². The number of rotatable bonds is 5. The van der Waals surface area contributed by atoms with Crippen LogP contribution in [0.3, 0.4) is 0 Å². The minimum Gasteiger partial charge on any atom is -0.329 e. The zero-order valence-electron chi connectivity index (χ0n) is 10.1. The standard InChI is InChI=1S/C11H22N4/c1-8(2)6-13-11(5-12)10-7-14-15(4)9(10)3/h7-8,11,13H,5-6,12H2,1-4H3. The fourth-order valence-electron chi connectivity index (χ4n) is 1.56. The van der Waals surface area contributed by atoms with E-state index in [-0.39, 0.29) is 6.04 Å². The molecule has 4 nitrogen and oxygen atoms in total. The molecule has 1 atom stereocenters. The summed E-state index contributed by atoms with van der Waals surface area (Å²) in [6.07, 6.45) is 1.90. The second-order valence-corrected chi connectivity index (χ2v) is 4.40. The molecule has 0 radical (unpaired) electrons. The first kappa shape index (κ1) is 12.2. The topological polar surface area (TPSA) is 55.9 Å². The molecule has 15 heavy (non-hydrogen) atoms. The van der Waals surface area contributed by atoms with Crippen molar-refractivity contribution in [2.75, 3.05) is 13.1 Å². The van der Waals surface area contributed by atoms with E-state index in [9.17, 15) is 0 Å². The summed E-state index contributed by atoms with van der Waals surface area (Å²) in [5, 5.41) is 7.69. The molecule has 0 saturated heterocycles. The van der Waals surface area contributed by atoms with Gasteiger partial charge in [-0.15, -0.1) is 0 Å². The normalized spacial score (nSPS) is 13.5. The van der Waals surface area contributed by atoms with Gasteiger partial charge in [-0.3, -0.25) is 4.68 Å². The van der Waals surface area contributed by atoms with Crippen molar-refractivity contribution in [1.82, 2.24) is 15.1 Å². The molecule has 1 aromatic rings. The van der Waals surface area contributed by atoms with E-state index in [4.69, 9.17) is 5.73 Å². The van der Waals surface area contributed by atoms with Gasteiger partial charge in [-0.25, -0.2) is 0 Å². The lowest BCUT2D eigenvalue weighted by atomic mass is 10.1. The number of nitrogens with zero attached hydrogens (tertiary/aromatic N) is 2. The van der Waals surface area contributed by atoms with E-state index in [0.29, 0.717) is 12.5 Å². The Balaban J connectivity index is 2.70. The Hall–Kier alpha value is -0.870. The molecule has 0 aromatic carbocycles. The molecule has 4 heteroatoms. The van der Waals surface area contributed by atoms with E-state index in [0.717, 1.165) is 6.54 Å². The maximum absolute atomic E-state index is 5.77. The summed E-state index contributed by atoms with van der Waals surface area (Å²) in [5.41, 5.74) is 8.16. The molecular weight excluding hydrogens is 188 g/mol. The number of nitrogens with one attached hydrogen (secondary N) is 1. The van der Waals surface area contributed by atoms with Crippen LogP contribution in [0.1, 0.15) is 31.1 Å². The first-order valence-corrected chi connectivity index (χ1v) is 5.48. The smallest absolute Gasteiger partial charge is 0.0540 e. The highest BCUT2D eigenvalue weighted by Gasteiger charge is 2.14. The molecule has 1 heterocycles. The van der Waals surface area contributed by atoms with Crippen LogP contribution in [0, 0.1) is 12.8 Å². The lowest BCUT2D eigenvalue weighted by Gasteiger charge is -2.18. The molecule has 0 aliphatic rings. The minimum atomic E-state index is 0.223. The van der Waals surface area contributed by atoms with Gasteiger partial charge in [-0.2, -0.15) is 5.10 Å². The highest BCUT2D eigenvalue weighted by molar-refractivity contribution is 5.20. The molecule has 0 amide bonds. The van der Waals surface area contributed by atoms with Gasteiger partial charge in [0.2, 0.25) is 0 Å². The van der Waals surface area contributed by atoms with E-state index in [1.165, 1.54) is 11.3 Å².